The number of likely N-dealkylation sites (N-methyl/N-ethyl adjacent to an activating group) is 1. The van der Waals surface area contributed by atoms with E-state index >= 15 is 0 Å². The van der Waals surface area contributed by atoms with E-state index in [1.807, 2.05) is 24.1 Å². The maximum Gasteiger partial charge on any atom is 0.255 e. The van der Waals surface area contributed by atoms with Crippen LogP contribution in [0.2, 0.25) is 0 Å². The molecule has 5 nitrogen and oxygen atoms in total. The van der Waals surface area contributed by atoms with Crippen LogP contribution < -0.4 is 10.6 Å². The Balaban J connectivity index is 0.00000220. The van der Waals surface area contributed by atoms with Crippen LogP contribution in [0.5, 0.6) is 0 Å². The first-order valence-corrected chi connectivity index (χ1v) is 7.10. The summed E-state index contributed by atoms with van der Waals surface area (Å²) in [4.78, 5) is 18.5. The van der Waals surface area contributed by atoms with E-state index < -0.39 is 0 Å². The number of carbonyl (C=O) groups is 1. The Kier molecular flexibility index (Phi) is 8.15. The summed E-state index contributed by atoms with van der Waals surface area (Å²) < 4.78 is 0. The zero-order chi connectivity index (χ0) is 14.8. The number of carbonyl (C=O) groups excluding carboxylic acids is 1. The van der Waals surface area contributed by atoms with Gasteiger partial charge in [-0.3, -0.25) is 4.79 Å². The molecule has 2 rings (SSSR count). The average Bonchev–Trinajstić information content (AvgIpc) is 2.85. The van der Waals surface area contributed by atoms with Crippen LogP contribution in [0.1, 0.15) is 37.6 Å². The van der Waals surface area contributed by atoms with Crippen molar-refractivity contribution in [3.63, 3.8) is 0 Å². The number of anilines is 1. The summed E-state index contributed by atoms with van der Waals surface area (Å²) in [7, 11) is 1.94. The number of rotatable bonds is 3. The number of likely N-dealkylation sites (tertiary alicyclic amines) is 1. The fraction of sp³-hybridized carbons (Fsp3) is 0.600. The third-order valence-electron chi connectivity index (χ3n) is 3.40. The summed E-state index contributed by atoms with van der Waals surface area (Å²) in [5.74, 6) is 0.862. The zero-order valence-electron chi connectivity index (χ0n) is 13.5. The normalized spacial score (nSPS) is 17.5. The zero-order valence-corrected chi connectivity index (χ0v) is 15.2. The predicted molar refractivity (Wildman–Crippen MR) is 95.5 cm³/mol. The molecule has 1 saturated heterocycles. The highest BCUT2D eigenvalue weighted by Crippen LogP contribution is 2.16. The molecule has 7 heteroatoms. The molecule has 1 fully saturated rings. The van der Waals surface area contributed by atoms with E-state index in [2.05, 4.69) is 36.4 Å². The first-order chi connectivity index (χ1) is 9.39. The second-order valence-corrected chi connectivity index (χ2v) is 6.33. The Morgan fingerprint density at radius 2 is 2.00 bits per heavy atom. The van der Waals surface area contributed by atoms with Crippen molar-refractivity contribution in [3.05, 3.63) is 23.9 Å². The monoisotopic (exact) mass is 348 g/mol. The van der Waals surface area contributed by atoms with Gasteiger partial charge in [0.1, 0.15) is 5.82 Å². The largest absolute Gasteiger partial charge is 0.365 e. The van der Waals surface area contributed by atoms with Crippen LogP contribution in [0.4, 0.5) is 5.82 Å². The smallest absolute Gasteiger partial charge is 0.255 e. The quantitative estimate of drug-likeness (QED) is 0.881. The Morgan fingerprint density at radius 3 is 2.45 bits per heavy atom. The van der Waals surface area contributed by atoms with Gasteiger partial charge in [-0.05, 0) is 46.4 Å². The Morgan fingerprint density at radius 1 is 1.32 bits per heavy atom. The van der Waals surface area contributed by atoms with E-state index in [0.29, 0.717) is 11.6 Å². The van der Waals surface area contributed by atoms with Crippen LogP contribution in [0, 0.1) is 0 Å². The topological polar surface area (TPSA) is 57.3 Å². The van der Waals surface area contributed by atoms with Gasteiger partial charge in [-0.2, -0.15) is 0 Å². The van der Waals surface area contributed by atoms with Gasteiger partial charge >= 0.3 is 0 Å². The molecule has 1 aromatic heterocycles. The standard InChI is InChI=1S/C15H24N4O.2ClH/c1-15(2,3)18-13-6-5-11(9-17-13)14(20)19-8-7-12(10-19)16-4;;/h5-6,9,12,16H,7-8,10H2,1-4H3,(H,17,18);2*1H/t12-;;/m0../s1. The van der Waals surface area contributed by atoms with Gasteiger partial charge in [0.2, 0.25) is 0 Å². The minimum Gasteiger partial charge on any atom is -0.365 e. The van der Waals surface area contributed by atoms with Crippen molar-refractivity contribution in [1.82, 2.24) is 15.2 Å². The molecule has 1 amide bonds. The van der Waals surface area contributed by atoms with Gasteiger partial charge in [0.05, 0.1) is 5.56 Å². The average molecular weight is 349 g/mol. The molecule has 126 valence electrons. The van der Waals surface area contributed by atoms with Crippen LogP contribution in [-0.2, 0) is 0 Å². The van der Waals surface area contributed by atoms with Crippen molar-refractivity contribution >= 4 is 36.5 Å². The van der Waals surface area contributed by atoms with E-state index in [4.69, 9.17) is 0 Å². The maximum absolute atomic E-state index is 12.3. The molecule has 1 aromatic rings. The number of amides is 1. The summed E-state index contributed by atoms with van der Waals surface area (Å²) in [6.07, 6.45) is 2.67. The molecular weight excluding hydrogens is 323 g/mol. The fourth-order valence-electron chi connectivity index (χ4n) is 2.34. The third-order valence-corrected chi connectivity index (χ3v) is 3.40. The lowest BCUT2D eigenvalue weighted by molar-refractivity contribution is 0.0789. The van der Waals surface area contributed by atoms with Gasteiger partial charge in [-0.25, -0.2) is 4.98 Å². The summed E-state index contributed by atoms with van der Waals surface area (Å²) in [5, 5.41) is 6.50. The van der Waals surface area contributed by atoms with Crippen molar-refractivity contribution in [2.75, 3.05) is 25.5 Å². The SMILES string of the molecule is CN[C@H]1CCN(C(=O)c2ccc(NC(C)(C)C)nc2)C1.Cl.Cl. The van der Waals surface area contributed by atoms with Crippen LogP contribution in [0.15, 0.2) is 18.3 Å². The van der Waals surface area contributed by atoms with Gasteiger partial charge in [-0.1, -0.05) is 0 Å². The summed E-state index contributed by atoms with van der Waals surface area (Å²) in [6, 6.07) is 4.12. The van der Waals surface area contributed by atoms with Crippen molar-refractivity contribution in [3.8, 4) is 0 Å². The van der Waals surface area contributed by atoms with E-state index in [9.17, 15) is 4.79 Å². The molecule has 2 heterocycles. The van der Waals surface area contributed by atoms with Gasteiger partial charge in [0.25, 0.3) is 5.91 Å². The van der Waals surface area contributed by atoms with E-state index in [-0.39, 0.29) is 36.3 Å². The first-order valence-electron chi connectivity index (χ1n) is 7.10. The highest BCUT2D eigenvalue weighted by atomic mass is 35.5. The number of nitrogens with zero attached hydrogens (tertiary/aromatic N) is 2. The number of pyridine rings is 1. The van der Waals surface area contributed by atoms with E-state index in [1.54, 1.807) is 6.20 Å². The van der Waals surface area contributed by atoms with E-state index in [0.717, 1.165) is 25.3 Å². The Hall–Kier alpha value is -1.04. The van der Waals surface area contributed by atoms with Crippen LogP contribution in [0.25, 0.3) is 0 Å². The lowest BCUT2D eigenvalue weighted by Crippen LogP contribution is -2.33. The van der Waals surface area contributed by atoms with Crippen molar-refractivity contribution in [2.45, 2.75) is 38.8 Å². The lowest BCUT2D eigenvalue weighted by Gasteiger charge is -2.21. The first kappa shape index (κ1) is 21.0. The third kappa shape index (κ3) is 5.63. The van der Waals surface area contributed by atoms with Gasteiger partial charge in [0.15, 0.2) is 0 Å². The van der Waals surface area contributed by atoms with Crippen LogP contribution in [-0.4, -0.2) is 47.5 Å². The molecule has 22 heavy (non-hydrogen) atoms. The number of aromatic nitrogens is 1. The van der Waals surface area contributed by atoms with Gasteiger partial charge in [-0.15, -0.1) is 24.8 Å². The van der Waals surface area contributed by atoms with Gasteiger partial charge in [0, 0.05) is 30.9 Å². The van der Waals surface area contributed by atoms with E-state index in [1.165, 1.54) is 0 Å². The number of hydrogen-bond donors (Lipinski definition) is 2. The van der Waals surface area contributed by atoms with Crippen LogP contribution >= 0.6 is 24.8 Å². The lowest BCUT2D eigenvalue weighted by atomic mass is 10.1. The van der Waals surface area contributed by atoms with Crippen molar-refractivity contribution in [2.24, 2.45) is 0 Å². The molecule has 0 bridgehead atoms. The van der Waals surface area contributed by atoms with Crippen LogP contribution in [0.3, 0.4) is 0 Å². The molecule has 0 aromatic carbocycles. The Labute approximate surface area is 145 Å². The highest BCUT2D eigenvalue weighted by Gasteiger charge is 2.26. The molecule has 0 saturated carbocycles. The minimum atomic E-state index is -0.0342. The molecule has 2 N–H and O–H groups in total. The molecule has 0 aliphatic carbocycles. The molecule has 1 aliphatic rings. The summed E-state index contributed by atoms with van der Waals surface area (Å²) in [6.45, 7) is 7.82. The number of hydrogen-bond acceptors (Lipinski definition) is 4. The number of nitrogens with one attached hydrogen (secondary N) is 2. The van der Waals surface area contributed by atoms with Crippen molar-refractivity contribution < 1.29 is 4.79 Å². The number of halogens is 2. The summed E-state index contributed by atoms with van der Waals surface area (Å²) >= 11 is 0. The Bertz CT molecular complexity index is 473. The van der Waals surface area contributed by atoms with Gasteiger partial charge < -0.3 is 15.5 Å². The molecule has 1 atom stereocenters. The molecular formula is C15H26Cl2N4O. The minimum absolute atomic E-state index is 0. The second-order valence-electron chi connectivity index (χ2n) is 6.33. The molecule has 0 spiro atoms. The molecule has 1 aliphatic heterocycles. The van der Waals surface area contributed by atoms with Crippen molar-refractivity contribution in [1.29, 1.82) is 0 Å². The maximum atomic E-state index is 12.3. The predicted octanol–water partition coefficient (Wildman–Crippen LogP) is 2.57. The second kappa shape index (κ2) is 8.56. The molecule has 0 radical (unpaired) electrons. The molecule has 0 unspecified atom stereocenters. The summed E-state index contributed by atoms with van der Waals surface area (Å²) in [5.41, 5.74) is 0.620. The fourth-order valence-corrected chi connectivity index (χ4v) is 2.34. The highest BCUT2D eigenvalue weighted by molar-refractivity contribution is 5.94.